The van der Waals surface area contributed by atoms with E-state index in [0.29, 0.717) is 6.54 Å². The highest BCUT2D eigenvalue weighted by atomic mass is 32.2. The van der Waals surface area contributed by atoms with E-state index < -0.39 is 0 Å². The van der Waals surface area contributed by atoms with Crippen molar-refractivity contribution in [1.82, 2.24) is 20.6 Å². The Balaban J connectivity index is 2.03. The van der Waals surface area contributed by atoms with Gasteiger partial charge < -0.3 is 15.6 Å². The summed E-state index contributed by atoms with van der Waals surface area (Å²) in [5, 5.41) is 5.63. The van der Waals surface area contributed by atoms with Crippen LogP contribution < -0.4 is 10.6 Å². The predicted molar refractivity (Wildman–Crippen MR) is 93.3 cm³/mol. The van der Waals surface area contributed by atoms with Crippen LogP contribution in [0.5, 0.6) is 0 Å². The van der Waals surface area contributed by atoms with Crippen LogP contribution in [0.1, 0.15) is 31.6 Å². The highest BCUT2D eigenvalue weighted by Crippen LogP contribution is 2.20. The highest BCUT2D eigenvalue weighted by molar-refractivity contribution is 7.98. The minimum atomic E-state index is -0.153. The average molecular weight is 334 g/mol. The lowest BCUT2D eigenvalue weighted by atomic mass is 10.2. The number of para-hydroxylation sites is 2. The quantitative estimate of drug-likeness (QED) is 0.689. The van der Waals surface area contributed by atoms with Crippen molar-refractivity contribution in [2.45, 2.75) is 25.8 Å². The summed E-state index contributed by atoms with van der Waals surface area (Å²) in [6.07, 6.45) is 3.09. The second-order valence-corrected chi connectivity index (χ2v) is 6.26. The van der Waals surface area contributed by atoms with Gasteiger partial charge in [0.25, 0.3) is 0 Å². The lowest BCUT2D eigenvalue weighted by molar-refractivity contribution is -0.122. The second-order valence-electron chi connectivity index (χ2n) is 5.27. The average Bonchev–Trinajstić information content (AvgIpc) is 2.94. The number of aromatic nitrogens is 2. The number of carbonyl (C=O) groups excluding carboxylic acids is 2. The largest absolute Gasteiger partial charge is 0.356 e. The van der Waals surface area contributed by atoms with Crippen LogP contribution in [-0.2, 0) is 9.59 Å². The molecule has 2 aromatic rings. The molecule has 0 unspecified atom stereocenters. The SMILES string of the molecule is CSCC[C@@H](NC(=O)CCNC(C)=O)c1nc2ccccc2[nH]1. The number of hydrogen-bond acceptors (Lipinski definition) is 4. The van der Waals surface area contributed by atoms with Gasteiger partial charge in [-0.05, 0) is 30.6 Å². The first-order valence-corrected chi connectivity index (χ1v) is 8.97. The summed E-state index contributed by atoms with van der Waals surface area (Å²) in [5.74, 6) is 1.47. The number of imidazole rings is 1. The number of nitrogens with one attached hydrogen (secondary N) is 3. The predicted octanol–water partition coefficient (Wildman–Crippen LogP) is 2.00. The van der Waals surface area contributed by atoms with Crippen molar-refractivity contribution in [3.63, 3.8) is 0 Å². The Morgan fingerprint density at radius 3 is 2.83 bits per heavy atom. The standard InChI is InChI=1S/C16H22N4O2S/c1-11(21)17-9-7-15(22)18-14(8-10-23-2)16-19-12-5-3-4-6-13(12)20-16/h3-6,14H,7-10H2,1-2H3,(H,17,21)(H,18,22)(H,19,20)/t14-/m1/s1. The Labute approximate surface area is 139 Å². The van der Waals surface area contributed by atoms with Gasteiger partial charge in [-0.3, -0.25) is 9.59 Å². The van der Waals surface area contributed by atoms with Gasteiger partial charge in [0, 0.05) is 19.9 Å². The van der Waals surface area contributed by atoms with Crippen molar-refractivity contribution in [2.24, 2.45) is 0 Å². The molecule has 0 aliphatic carbocycles. The first-order valence-electron chi connectivity index (χ1n) is 7.57. The Hall–Kier alpha value is -2.02. The molecule has 0 radical (unpaired) electrons. The number of hydrogen-bond donors (Lipinski definition) is 3. The van der Waals surface area contributed by atoms with Crippen molar-refractivity contribution in [3.8, 4) is 0 Å². The summed E-state index contributed by atoms with van der Waals surface area (Å²) in [6.45, 7) is 1.78. The molecule has 2 amide bonds. The monoisotopic (exact) mass is 334 g/mol. The van der Waals surface area contributed by atoms with Gasteiger partial charge in [-0.1, -0.05) is 12.1 Å². The third-order valence-corrected chi connectivity index (χ3v) is 4.05. The number of aromatic amines is 1. The first-order chi connectivity index (χ1) is 11.1. The summed E-state index contributed by atoms with van der Waals surface area (Å²) in [5.41, 5.74) is 1.85. The molecule has 0 saturated carbocycles. The topological polar surface area (TPSA) is 86.9 Å². The summed E-state index contributed by atoms with van der Waals surface area (Å²) < 4.78 is 0. The number of thioether (sulfide) groups is 1. The van der Waals surface area contributed by atoms with E-state index in [9.17, 15) is 9.59 Å². The van der Waals surface area contributed by atoms with E-state index in [0.717, 1.165) is 29.0 Å². The van der Waals surface area contributed by atoms with Crippen LogP contribution in [0.25, 0.3) is 11.0 Å². The van der Waals surface area contributed by atoms with Crippen LogP contribution in [0.4, 0.5) is 0 Å². The summed E-state index contributed by atoms with van der Waals surface area (Å²) in [7, 11) is 0. The smallest absolute Gasteiger partial charge is 0.222 e. The van der Waals surface area contributed by atoms with Gasteiger partial charge in [-0.2, -0.15) is 11.8 Å². The molecule has 124 valence electrons. The Morgan fingerprint density at radius 1 is 1.35 bits per heavy atom. The van der Waals surface area contributed by atoms with E-state index >= 15 is 0 Å². The maximum atomic E-state index is 12.1. The van der Waals surface area contributed by atoms with Gasteiger partial charge in [0.1, 0.15) is 5.82 Å². The third-order valence-electron chi connectivity index (χ3n) is 3.41. The van der Waals surface area contributed by atoms with E-state index in [4.69, 9.17) is 0 Å². The maximum absolute atomic E-state index is 12.1. The van der Waals surface area contributed by atoms with E-state index in [2.05, 4.69) is 20.6 Å². The normalized spacial score (nSPS) is 12.1. The minimum absolute atomic E-state index is 0.0923. The molecule has 0 fully saturated rings. The van der Waals surface area contributed by atoms with Crippen LogP contribution in [0.15, 0.2) is 24.3 Å². The van der Waals surface area contributed by atoms with Crippen LogP contribution in [0.3, 0.4) is 0 Å². The van der Waals surface area contributed by atoms with Gasteiger partial charge >= 0.3 is 0 Å². The zero-order valence-corrected chi connectivity index (χ0v) is 14.2. The summed E-state index contributed by atoms with van der Waals surface area (Å²) in [6, 6.07) is 7.65. The van der Waals surface area contributed by atoms with E-state index in [1.807, 2.05) is 30.5 Å². The third kappa shape index (κ3) is 5.28. The fourth-order valence-electron chi connectivity index (χ4n) is 2.27. The lowest BCUT2D eigenvalue weighted by Crippen LogP contribution is -2.33. The molecule has 0 spiro atoms. The summed E-state index contributed by atoms with van der Waals surface area (Å²) >= 11 is 1.73. The number of carbonyl (C=O) groups is 2. The Morgan fingerprint density at radius 2 is 2.13 bits per heavy atom. The molecule has 0 aliphatic rings. The van der Waals surface area contributed by atoms with E-state index in [1.54, 1.807) is 11.8 Å². The molecule has 7 heteroatoms. The number of benzene rings is 1. The highest BCUT2D eigenvalue weighted by Gasteiger charge is 2.18. The second kappa shape index (κ2) is 8.57. The van der Waals surface area contributed by atoms with Crippen LogP contribution in [0.2, 0.25) is 0 Å². The number of nitrogens with zero attached hydrogens (tertiary/aromatic N) is 1. The molecule has 23 heavy (non-hydrogen) atoms. The number of fused-ring (bicyclic) bond motifs is 1. The molecule has 1 aromatic carbocycles. The molecule has 0 saturated heterocycles. The van der Waals surface area contributed by atoms with Crippen LogP contribution >= 0.6 is 11.8 Å². The first kappa shape index (κ1) is 17.3. The van der Waals surface area contributed by atoms with E-state index in [-0.39, 0.29) is 24.3 Å². The fourth-order valence-corrected chi connectivity index (χ4v) is 2.74. The van der Waals surface area contributed by atoms with Gasteiger partial charge in [-0.25, -0.2) is 4.98 Å². The van der Waals surface area contributed by atoms with Crippen molar-refractivity contribution in [3.05, 3.63) is 30.1 Å². The van der Waals surface area contributed by atoms with E-state index in [1.165, 1.54) is 6.92 Å². The molecule has 2 rings (SSSR count). The lowest BCUT2D eigenvalue weighted by Gasteiger charge is -2.16. The minimum Gasteiger partial charge on any atom is -0.356 e. The zero-order chi connectivity index (χ0) is 16.7. The summed E-state index contributed by atoms with van der Waals surface area (Å²) in [4.78, 5) is 30.8. The van der Waals surface area contributed by atoms with Gasteiger partial charge in [0.05, 0.1) is 17.1 Å². The van der Waals surface area contributed by atoms with Crippen LogP contribution in [0, 0.1) is 0 Å². The molecule has 1 aromatic heterocycles. The zero-order valence-electron chi connectivity index (χ0n) is 13.4. The molecule has 0 aliphatic heterocycles. The van der Waals surface area contributed by atoms with Crippen molar-refractivity contribution < 1.29 is 9.59 Å². The van der Waals surface area contributed by atoms with Crippen molar-refractivity contribution >= 4 is 34.6 Å². The van der Waals surface area contributed by atoms with Gasteiger partial charge in [0.2, 0.25) is 11.8 Å². The van der Waals surface area contributed by atoms with Crippen molar-refractivity contribution in [1.29, 1.82) is 0 Å². The molecule has 3 N–H and O–H groups in total. The maximum Gasteiger partial charge on any atom is 0.222 e. The van der Waals surface area contributed by atoms with Crippen LogP contribution in [-0.4, -0.2) is 40.3 Å². The number of rotatable bonds is 8. The molecule has 6 nitrogen and oxygen atoms in total. The van der Waals surface area contributed by atoms with Gasteiger partial charge in [-0.15, -0.1) is 0 Å². The molecule has 1 heterocycles. The Kier molecular flexibility index (Phi) is 6.46. The molecule has 0 bridgehead atoms. The molecule has 1 atom stereocenters. The number of H-pyrrole nitrogens is 1. The van der Waals surface area contributed by atoms with Gasteiger partial charge in [0.15, 0.2) is 0 Å². The number of amides is 2. The fraction of sp³-hybridized carbons (Fsp3) is 0.438. The Bertz CT molecular complexity index is 638. The molecular weight excluding hydrogens is 312 g/mol. The van der Waals surface area contributed by atoms with Crippen molar-refractivity contribution in [2.75, 3.05) is 18.6 Å². The molecular formula is C16H22N4O2S.